The number of unbranched alkanes of at least 4 members (excludes halogenated alkanes) is 2. The first-order valence-corrected chi connectivity index (χ1v) is 9.62. The van der Waals surface area contributed by atoms with Crippen LogP contribution in [0.1, 0.15) is 93.4 Å². The Hall–Kier alpha value is -0.610. The molecule has 0 fully saturated rings. The molecule has 0 heterocycles. The lowest BCUT2D eigenvalue weighted by atomic mass is 9.74. The fourth-order valence-corrected chi connectivity index (χ4v) is 2.79. The lowest BCUT2D eigenvalue weighted by Gasteiger charge is -2.42. The Kier molecular flexibility index (Phi) is 10.1. The number of hydrogen-bond acceptors (Lipinski definition) is 3. The van der Waals surface area contributed by atoms with Gasteiger partial charge in [-0.3, -0.25) is 4.79 Å². The summed E-state index contributed by atoms with van der Waals surface area (Å²) >= 11 is 0. The Morgan fingerprint density at radius 2 is 1.62 bits per heavy atom. The maximum atomic E-state index is 12.0. The normalized spacial score (nSPS) is 13.2. The van der Waals surface area contributed by atoms with Gasteiger partial charge in [-0.1, -0.05) is 33.6 Å². The average Bonchev–Trinajstić information content (AvgIpc) is 2.42. The number of carbonyl (C=O) groups is 1. The molecule has 4 heteroatoms. The van der Waals surface area contributed by atoms with Crippen molar-refractivity contribution in [2.75, 3.05) is 13.2 Å². The highest BCUT2D eigenvalue weighted by Gasteiger charge is 2.37. The lowest BCUT2D eigenvalue weighted by molar-refractivity contribution is -0.124. The first kappa shape index (κ1) is 23.4. The van der Waals surface area contributed by atoms with Crippen molar-refractivity contribution in [1.82, 2.24) is 5.32 Å². The Bertz CT molecular complexity index is 363. The highest BCUT2D eigenvalue weighted by atomic mass is 16.5. The third kappa shape index (κ3) is 9.03. The van der Waals surface area contributed by atoms with Crippen molar-refractivity contribution < 1.29 is 9.53 Å². The molecule has 4 nitrogen and oxygen atoms in total. The smallest absolute Gasteiger partial charge is 0.220 e. The molecule has 0 aliphatic rings. The SMILES string of the molecule is CCCC(C)(C)C(C)(C)OCCC(C)(C)NC(=O)CCCCCN. The summed E-state index contributed by atoms with van der Waals surface area (Å²) in [6.07, 6.45) is 6.62. The monoisotopic (exact) mass is 342 g/mol. The van der Waals surface area contributed by atoms with Crippen molar-refractivity contribution in [3.05, 3.63) is 0 Å². The second-order valence-electron chi connectivity index (χ2n) is 8.77. The lowest BCUT2D eigenvalue weighted by Crippen LogP contribution is -2.46. The zero-order valence-electron chi connectivity index (χ0n) is 17.3. The number of carbonyl (C=O) groups excluding carboxylic acids is 1. The fourth-order valence-electron chi connectivity index (χ4n) is 2.79. The van der Waals surface area contributed by atoms with E-state index in [-0.39, 0.29) is 22.5 Å². The van der Waals surface area contributed by atoms with Crippen LogP contribution in [0.25, 0.3) is 0 Å². The predicted molar refractivity (Wildman–Crippen MR) is 103 cm³/mol. The molecule has 0 unspecified atom stereocenters. The molecule has 0 bridgehead atoms. The summed E-state index contributed by atoms with van der Waals surface area (Å²) in [5.41, 5.74) is 5.19. The minimum absolute atomic E-state index is 0.127. The highest BCUT2D eigenvalue weighted by molar-refractivity contribution is 5.76. The maximum Gasteiger partial charge on any atom is 0.220 e. The van der Waals surface area contributed by atoms with Crippen molar-refractivity contribution in [3.63, 3.8) is 0 Å². The van der Waals surface area contributed by atoms with E-state index in [1.165, 1.54) is 0 Å². The van der Waals surface area contributed by atoms with E-state index in [9.17, 15) is 4.79 Å². The molecule has 0 saturated heterocycles. The van der Waals surface area contributed by atoms with E-state index < -0.39 is 0 Å². The van der Waals surface area contributed by atoms with Crippen LogP contribution in [0.3, 0.4) is 0 Å². The fraction of sp³-hybridized carbons (Fsp3) is 0.950. The molecular formula is C20H42N2O2. The Morgan fingerprint density at radius 1 is 1.00 bits per heavy atom. The zero-order chi connectivity index (χ0) is 18.9. The summed E-state index contributed by atoms with van der Waals surface area (Å²) in [5, 5.41) is 3.13. The van der Waals surface area contributed by atoms with E-state index in [0.717, 1.165) is 38.5 Å². The van der Waals surface area contributed by atoms with Gasteiger partial charge in [0.1, 0.15) is 0 Å². The van der Waals surface area contributed by atoms with Gasteiger partial charge >= 0.3 is 0 Å². The van der Waals surface area contributed by atoms with E-state index in [0.29, 0.717) is 19.6 Å². The van der Waals surface area contributed by atoms with Crippen molar-refractivity contribution in [3.8, 4) is 0 Å². The van der Waals surface area contributed by atoms with Crippen LogP contribution in [0, 0.1) is 5.41 Å². The van der Waals surface area contributed by atoms with Gasteiger partial charge < -0.3 is 15.8 Å². The summed E-state index contributed by atoms with van der Waals surface area (Å²) < 4.78 is 6.21. The standard InChI is InChI=1S/C20H42N2O2/c1-8-13-18(2,3)20(6,7)24-16-14-19(4,5)22-17(23)12-10-9-11-15-21/h8-16,21H2,1-7H3,(H,22,23). The van der Waals surface area contributed by atoms with Gasteiger partial charge in [0.25, 0.3) is 0 Å². The van der Waals surface area contributed by atoms with Gasteiger partial charge in [0.05, 0.1) is 5.60 Å². The number of ether oxygens (including phenoxy) is 1. The minimum Gasteiger partial charge on any atom is -0.375 e. The summed E-state index contributed by atoms with van der Waals surface area (Å²) in [7, 11) is 0. The van der Waals surface area contributed by atoms with E-state index in [1.807, 2.05) is 0 Å². The van der Waals surface area contributed by atoms with Crippen LogP contribution in [0.15, 0.2) is 0 Å². The molecule has 0 rings (SSSR count). The van der Waals surface area contributed by atoms with Crippen molar-refractivity contribution in [2.24, 2.45) is 11.1 Å². The molecule has 0 radical (unpaired) electrons. The Morgan fingerprint density at radius 3 is 2.17 bits per heavy atom. The molecule has 144 valence electrons. The first-order chi connectivity index (χ1) is 11.0. The van der Waals surface area contributed by atoms with Gasteiger partial charge in [-0.05, 0) is 65.3 Å². The molecule has 0 aromatic heterocycles. The molecule has 0 atom stereocenters. The molecular weight excluding hydrogens is 300 g/mol. The molecule has 0 saturated carbocycles. The highest BCUT2D eigenvalue weighted by Crippen LogP contribution is 2.38. The number of nitrogens with two attached hydrogens (primary N) is 1. The molecule has 1 amide bonds. The van der Waals surface area contributed by atoms with E-state index in [4.69, 9.17) is 10.5 Å². The van der Waals surface area contributed by atoms with Gasteiger partial charge in [-0.25, -0.2) is 0 Å². The van der Waals surface area contributed by atoms with Crippen molar-refractivity contribution >= 4 is 5.91 Å². The Balaban J connectivity index is 4.25. The minimum atomic E-state index is -0.240. The molecule has 0 spiro atoms. The third-order valence-corrected chi connectivity index (χ3v) is 5.28. The van der Waals surface area contributed by atoms with Gasteiger partial charge in [0, 0.05) is 18.6 Å². The summed E-state index contributed by atoms with van der Waals surface area (Å²) in [6, 6.07) is 0. The van der Waals surface area contributed by atoms with Crippen molar-refractivity contribution in [1.29, 1.82) is 0 Å². The van der Waals surface area contributed by atoms with Gasteiger partial charge in [0.2, 0.25) is 5.91 Å². The number of nitrogens with one attached hydrogen (secondary N) is 1. The van der Waals surface area contributed by atoms with Crippen LogP contribution < -0.4 is 11.1 Å². The summed E-state index contributed by atoms with van der Waals surface area (Å²) in [5.74, 6) is 0.127. The van der Waals surface area contributed by atoms with Crippen LogP contribution in [0.2, 0.25) is 0 Å². The Labute approximate surface area is 150 Å². The number of amides is 1. The number of rotatable bonds is 13. The van der Waals surface area contributed by atoms with Gasteiger partial charge in [-0.15, -0.1) is 0 Å². The van der Waals surface area contributed by atoms with E-state index in [1.54, 1.807) is 0 Å². The molecule has 0 aliphatic carbocycles. The van der Waals surface area contributed by atoms with E-state index >= 15 is 0 Å². The third-order valence-electron chi connectivity index (χ3n) is 5.28. The molecule has 24 heavy (non-hydrogen) atoms. The molecule has 0 aromatic carbocycles. The summed E-state index contributed by atoms with van der Waals surface area (Å²) in [4.78, 5) is 12.0. The zero-order valence-corrected chi connectivity index (χ0v) is 17.3. The van der Waals surface area contributed by atoms with Crippen molar-refractivity contribution in [2.45, 2.75) is 105 Å². The molecule has 0 aromatic rings. The molecule has 3 N–H and O–H groups in total. The quantitative estimate of drug-likeness (QED) is 0.487. The maximum absolute atomic E-state index is 12.0. The molecule has 0 aliphatic heterocycles. The van der Waals surface area contributed by atoms with Crippen LogP contribution in [-0.4, -0.2) is 30.2 Å². The second kappa shape index (κ2) is 10.4. The van der Waals surface area contributed by atoms with Crippen LogP contribution in [0.5, 0.6) is 0 Å². The number of hydrogen-bond donors (Lipinski definition) is 2. The average molecular weight is 343 g/mol. The first-order valence-electron chi connectivity index (χ1n) is 9.62. The topological polar surface area (TPSA) is 64.3 Å². The second-order valence-corrected chi connectivity index (χ2v) is 8.77. The largest absolute Gasteiger partial charge is 0.375 e. The predicted octanol–water partition coefficient (Wildman–Crippen LogP) is 4.41. The summed E-state index contributed by atoms with van der Waals surface area (Å²) in [6.45, 7) is 16.6. The van der Waals surface area contributed by atoms with Crippen LogP contribution in [-0.2, 0) is 9.53 Å². The van der Waals surface area contributed by atoms with Gasteiger partial charge in [-0.2, -0.15) is 0 Å². The van der Waals surface area contributed by atoms with Gasteiger partial charge in [0.15, 0.2) is 0 Å². The van der Waals surface area contributed by atoms with Crippen LogP contribution >= 0.6 is 0 Å². The van der Waals surface area contributed by atoms with E-state index in [2.05, 4.69) is 53.8 Å². The van der Waals surface area contributed by atoms with Crippen LogP contribution in [0.4, 0.5) is 0 Å².